The molecule has 1 aromatic heterocycles. The second kappa shape index (κ2) is 8.57. The van der Waals surface area contributed by atoms with Crippen molar-refractivity contribution in [2.75, 3.05) is 20.8 Å². The fraction of sp³-hybridized carbons (Fsp3) is 0.348. The van der Waals surface area contributed by atoms with Crippen molar-refractivity contribution in [3.05, 3.63) is 59.5 Å². The number of amides is 1. The highest BCUT2D eigenvalue weighted by molar-refractivity contribution is 5.79. The fourth-order valence-electron chi connectivity index (χ4n) is 3.65. The second-order valence-corrected chi connectivity index (χ2v) is 7.40. The van der Waals surface area contributed by atoms with E-state index in [0.717, 1.165) is 17.5 Å². The Morgan fingerprint density at radius 1 is 1.07 bits per heavy atom. The van der Waals surface area contributed by atoms with Crippen LogP contribution in [0.15, 0.2) is 47.0 Å². The minimum Gasteiger partial charge on any atom is -0.497 e. The quantitative estimate of drug-likeness (QED) is 0.592. The Labute approximate surface area is 175 Å². The third-order valence-electron chi connectivity index (χ3n) is 5.42. The monoisotopic (exact) mass is 407 g/mol. The number of benzene rings is 2. The van der Waals surface area contributed by atoms with Crippen LogP contribution in [0.4, 0.5) is 0 Å². The van der Waals surface area contributed by atoms with Crippen molar-refractivity contribution in [3.63, 3.8) is 0 Å². The predicted octanol–water partition coefficient (Wildman–Crippen LogP) is 3.83. The largest absolute Gasteiger partial charge is 0.497 e. The molecule has 2 aromatic carbocycles. The highest BCUT2D eigenvalue weighted by Gasteiger charge is 2.34. The molecular formula is C23H25N3O4. The average molecular weight is 407 g/mol. The van der Waals surface area contributed by atoms with Crippen LogP contribution in [0.3, 0.4) is 0 Å². The van der Waals surface area contributed by atoms with Gasteiger partial charge in [-0.3, -0.25) is 4.79 Å². The van der Waals surface area contributed by atoms with Crippen molar-refractivity contribution in [1.82, 2.24) is 15.0 Å². The Morgan fingerprint density at radius 2 is 1.73 bits per heavy atom. The smallest absolute Gasteiger partial charge is 0.232 e. The van der Waals surface area contributed by atoms with E-state index in [0.29, 0.717) is 42.7 Å². The maximum Gasteiger partial charge on any atom is 0.232 e. The topological polar surface area (TPSA) is 77.7 Å². The number of methoxy groups -OCH3 is 2. The lowest BCUT2D eigenvalue weighted by molar-refractivity contribution is -0.128. The van der Waals surface area contributed by atoms with Crippen LogP contribution < -0.4 is 9.47 Å². The van der Waals surface area contributed by atoms with Gasteiger partial charge in [-0.05, 0) is 29.7 Å². The van der Waals surface area contributed by atoms with Gasteiger partial charge in [-0.2, -0.15) is 4.98 Å². The van der Waals surface area contributed by atoms with Crippen molar-refractivity contribution >= 4 is 5.91 Å². The summed E-state index contributed by atoms with van der Waals surface area (Å²) < 4.78 is 16.1. The number of hydrogen-bond donors (Lipinski definition) is 0. The first kappa shape index (κ1) is 19.9. The van der Waals surface area contributed by atoms with Crippen LogP contribution >= 0.6 is 0 Å². The van der Waals surface area contributed by atoms with E-state index in [1.165, 1.54) is 5.56 Å². The van der Waals surface area contributed by atoms with E-state index in [9.17, 15) is 4.79 Å². The minimum absolute atomic E-state index is 0.0994. The Hall–Kier alpha value is -3.35. The van der Waals surface area contributed by atoms with E-state index in [4.69, 9.17) is 14.0 Å². The van der Waals surface area contributed by atoms with Gasteiger partial charge in [-0.15, -0.1) is 0 Å². The van der Waals surface area contributed by atoms with Crippen molar-refractivity contribution < 1.29 is 18.8 Å². The van der Waals surface area contributed by atoms with Crippen molar-refractivity contribution in [2.45, 2.75) is 32.2 Å². The van der Waals surface area contributed by atoms with Crippen LogP contribution in [0.2, 0.25) is 0 Å². The molecule has 0 radical (unpaired) electrons. The maximum absolute atomic E-state index is 12.5. The Balaban J connectivity index is 1.48. The highest BCUT2D eigenvalue weighted by atomic mass is 16.5. The van der Waals surface area contributed by atoms with E-state index < -0.39 is 0 Å². The van der Waals surface area contributed by atoms with E-state index >= 15 is 0 Å². The molecule has 0 saturated carbocycles. The molecule has 1 aliphatic rings. The van der Waals surface area contributed by atoms with Gasteiger partial charge in [0, 0.05) is 31.1 Å². The normalized spacial score (nSPS) is 16.2. The molecular weight excluding hydrogens is 382 g/mol. The van der Waals surface area contributed by atoms with Gasteiger partial charge in [0.1, 0.15) is 11.5 Å². The van der Waals surface area contributed by atoms with E-state index in [1.54, 1.807) is 20.3 Å². The van der Waals surface area contributed by atoms with Crippen molar-refractivity contribution in [1.29, 1.82) is 0 Å². The highest BCUT2D eigenvalue weighted by Crippen LogP contribution is 2.32. The van der Waals surface area contributed by atoms with Gasteiger partial charge < -0.3 is 18.9 Å². The van der Waals surface area contributed by atoms with Gasteiger partial charge >= 0.3 is 0 Å². The summed E-state index contributed by atoms with van der Waals surface area (Å²) in [6, 6.07) is 13.8. The molecule has 0 N–H and O–H groups in total. The number of carbonyl (C=O) groups excluding carboxylic acids is 1. The lowest BCUT2D eigenvalue weighted by Crippen LogP contribution is -2.24. The zero-order valence-electron chi connectivity index (χ0n) is 17.4. The lowest BCUT2D eigenvalue weighted by Gasteiger charge is -2.16. The molecule has 2 heterocycles. The van der Waals surface area contributed by atoms with Crippen LogP contribution in [-0.2, 0) is 17.8 Å². The Bertz CT molecular complexity index is 1010. The lowest BCUT2D eigenvalue weighted by atomic mass is 10.1. The Morgan fingerprint density at radius 3 is 2.37 bits per heavy atom. The first-order chi connectivity index (χ1) is 14.6. The standard InChI is InChI=1S/C23H25N3O4/c1-4-15-5-7-16(8-6-15)13-26-14-18(11-21(26)27)23-24-22(25-30-23)17-9-19(28-2)12-20(10-17)29-3/h5-10,12,18H,4,11,13-14H2,1-3H3. The molecule has 4 rings (SSSR count). The Kier molecular flexibility index (Phi) is 5.70. The van der Waals surface area contributed by atoms with Crippen LogP contribution in [0, 0.1) is 0 Å². The molecule has 7 heteroatoms. The number of nitrogens with zero attached hydrogens (tertiary/aromatic N) is 3. The number of likely N-dealkylation sites (tertiary alicyclic amines) is 1. The van der Waals surface area contributed by atoms with E-state index in [2.05, 4.69) is 41.3 Å². The summed E-state index contributed by atoms with van der Waals surface area (Å²) in [5, 5.41) is 4.11. The molecule has 7 nitrogen and oxygen atoms in total. The second-order valence-electron chi connectivity index (χ2n) is 7.40. The van der Waals surface area contributed by atoms with Crippen molar-refractivity contribution in [2.24, 2.45) is 0 Å². The van der Waals surface area contributed by atoms with Gasteiger partial charge in [0.05, 0.1) is 20.1 Å². The molecule has 156 valence electrons. The zero-order valence-corrected chi connectivity index (χ0v) is 17.4. The van der Waals surface area contributed by atoms with Crippen LogP contribution in [0.5, 0.6) is 11.5 Å². The molecule has 1 aliphatic heterocycles. The molecule has 0 aliphatic carbocycles. The first-order valence-corrected chi connectivity index (χ1v) is 10.0. The fourth-order valence-corrected chi connectivity index (χ4v) is 3.65. The summed E-state index contributed by atoms with van der Waals surface area (Å²) in [7, 11) is 3.18. The summed E-state index contributed by atoms with van der Waals surface area (Å²) in [4.78, 5) is 18.9. The number of aromatic nitrogens is 2. The molecule has 0 spiro atoms. The summed E-state index contributed by atoms with van der Waals surface area (Å²) in [6.07, 6.45) is 1.37. The number of carbonyl (C=O) groups is 1. The van der Waals surface area contributed by atoms with Crippen molar-refractivity contribution in [3.8, 4) is 22.9 Å². The summed E-state index contributed by atoms with van der Waals surface area (Å²) in [6.45, 7) is 3.29. The molecule has 30 heavy (non-hydrogen) atoms. The average Bonchev–Trinajstić information content (AvgIpc) is 3.41. The van der Waals surface area contributed by atoms with Gasteiger partial charge in [-0.1, -0.05) is 36.3 Å². The number of rotatable bonds is 7. The molecule has 1 unspecified atom stereocenters. The predicted molar refractivity (Wildman–Crippen MR) is 111 cm³/mol. The number of hydrogen-bond acceptors (Lipinski definition) is 6. The van der Waals surface area contributed by atoms with Gasteiger partial charge in [-0.25, -0.2) is 0 Å². The molecule has 1 atom stereocenters. The third-order valence-corrected chi connectivity index (χ3v) is 5.42. The van der Waals surface area contributed by atoms with Crippen LogP contribution in [0.1, 0.15) is 36.3 Å². The molecule has 0 bridgehead atoms. The summed E-state index contributed by atoms with van der Waals surface area (Å²) in [5.74, 6) is 2.20. The number of aryl methyl sites for hydroxylation is 1. The minimum atomic E-state index is -0.110. The van der Waals surface area contributed by atoms with E-state index in [1.807, 2.05) is 17.0 Å². The van der Waals surface area contributed by atoms with Gasteiger partial charge in [0.15, 0.2) is 0 Å². The summed E-state index contributed by atoms with van der Waals surface area (Å²) >= 11 is 0. The number of ether oxygens (including phenoxy) is 2. The third kappa shape index (κ3) is 4.15. The van der Waals surface area contributed by atoms with Gasteiger partial charge in [0.2, 0.25) is 17.6 Å². The maximum atomic E-state index is 12.5. The molecule has 1 saturated heterocycles. The zero-order chi connectivity index (χ0) is 21.1. The van der Waals surface area contributed by atoms with Crippen LogP contribution in [0.25, 0.3) is 11.4 Å². The summed E-state index contributed by atoms with van der Waals surface area (Å²) in [5.41, 5.74) is 3.14. The molecule has 1 fully saturated rings. The van der Waals surface area contributed by atoms with E-state index in [-0.39, 0.29) is 11.8 Å². The van der Waals surface area contributed by atoms with Crippen LogP contribution in [-0.4, -0.2) is 41.7 Å². The molecule has 3 aromatic rings. The van der Waals surface area contributed by atoms with Gasteiger partial charge in [0.25, 0.3) is 0 Å². The first-order valence-electron chi connectivity index (χ1n) is 10.0. The molecule has 1 amide bonds. The SMILES string of the molecule is CCc1ccc(CN2CC(c3nc(-c4cc(OC)cc(OC)c4)no3)CC2=O)cc1.